The highest BCUT2D eigenvalue weighted by Crippen LogP contribution is 2.54. The van der Waals surface area contributed by atoms with Crippen molar-refractivity contribution in [3.05, 3.63) is 0 Å². The maximum Gasteiger partial charge on any atom is 0.0791 e. The highest BCUT2D eigenvalue weighted by molar-refractivity contribution is 7.99. The molecule has 2 bridgehead atoms. The van der Waals surface area contributed by atoms with Gasteiger partial charge in [0, 0.05) is 5.75 Å². The lowest BCUT2D eigenvalue weighted by Gasteiger charge is -2.48. The SMILES string of the molecule is CC1(C)CCSCC1(O)CC1CC2CCC1C2. The fraction of sp³-hybridized carbons (Fsp3) is 1.00. The van der Waals surface area contributed by atoms with E-state index in [1.807, 2.05) is 11.8 Å². The first-order valence-electron chi connectivity index (χ1n) is 7.30. The second-order valence-electron chi connectivity index (χ2n) is 7.36. The summed E-state index contributed by atoms with van der Waals surface area (Å²) in [6.45, 7) is 4.56. The Morgan fingerprint density at radius 2 is 2.06 bits per heavy atom. The highest BCUT2D eigenvalue weighted by Gasteiger charge is 2.50. The molecule has 2 heteroatoms. The molecule has 0 radical (unpaired) electrons. The van der Waals surface area contributed by atoms with E-state index < -0.39 is 5.60 Å². The van der Waals surface area contributed by atoms with Crippen molar-refractivity contribution in [2.24, 2.45) is 23.2 Å². The molecular weight excluding hydrogens is 228 g/mol. The Morgan fingerprint density at radius 3 is 2.65 bits per heavy atom. The van der Waals surface area contributed by atoms with Gasteiger partial charge < -0.3 is 5.11 Å². The molecule has 98 valence electrons. The van der Waals surface area contributed by atoms with Gasteiger partial charge in [-0.25, -0.2) is 0 Å². The topological polar surface area (TPSA) is 20.2 Å². The lowest BCUT2D eigenvalue weighted by atomic mass is 9.67. The molecule has 1 nitrogen and oxygen atoms in total. The maximum atomic E-state index is 11.1. The van der Waals surface area contributed by atoms with Crippen LogP contribution in [0.3, 0.4) is 0 Å². The first-order chi connectivity index (χ1) is 8.00. The van der Waals surface area contributed by atoms with Crippen LogP contribution < -0.4 is 0 Å². The molecule has 0 spiro atoms. The van der Waals surface area contributed by atoms with Crippen LogP contribution in [0.1, 0.15) is 52.4 Å². The normalized spacial score (nSPS) is 48.5. The zero-order valence-corrected chi connectivity index (χ0v) is 12.1. The Bertz CT molecular complexity index is 301. The Kier molecular flexibility index (Phi) is 3.02. The minimum atomic E-state index is -0.398. The van der Waals surface area contributed by atoms with Crippen LogP contribution in [-0.2, 0) is 0 Å². The first kappa shape index (κ1) is 12.3. The van der Waals surface area contributed by atoms with E-state index in [2.05, 4.69) is 13.8 Å². The molecule has 0 aromatic carbocycles. The smallest absolute Gasteiger partial charge is 0.0791 e. The van der Waals surface area contributed by atoms with Crippen LogP contribution in [-0.4, -0.2) is 22.2 Å². The summed E-state index contributed by atoms with van der Waals surface area (Å²) in [5, 5.41) is 11.1. The van der Waals surface area contributed by atoms with Crippen LogP contribution in [0.15, 0.2) is 0 Å². The molecule has 2 saturated carbocycles. The molecule has 0 amide bonds. The fourth-order valence-electron chi connectivity index (χ4n) is 4.39. The van der Waals surface area contributed by atoms with Gasteiger partial charge in [-0.3, -0.25) is 0 Å². The van der Waals surface area contributed by atoms with Crippen LogP contribution in [0.25, 0.3) is 0 Å². The molecule has 4 unspecified atom stereocenters. The van der Waals surface area contributed by atoms with Gasteiger partial charge in [0.25, 0.3) is 0 Å². The van der Waals surface area contributed by atoms with Crippen molar-refractivity contribution >= 4 is 11.8 Å². The number of thioether (sulfide) groups is 1. The molecule has 4 atom stereocenters. The van der Waals surface area contributed by atoms with E-state index >= 15 is 0 Å². The largest absolute Gasteiger partial charge is 0.388 e. The summed E-state index contributed by atoms with van der Waals surface area (Å²) in [7, 11) is 0. The molecular formula is C15H26OS. The van der Waals surface area contributed by atoms with Gasteiger partial charge >= 0.3 is 0 Å². The summed E-state index contributed by atoms with van der Waals surface area (Å²) in [4.78, 5) is 0. The van der Waals surface area contributed by atoms with E-state index in [0.717, 1.165) is 29.9 Å². The van der Waals surface area contributed by atoms with Gasteiger partial charge in [0.05, 0.1) is 5.60 Å². The van der Waals surface area contributed by atoms with Crippen molar-refractivity contribution < 1.29 is 5.11 Å². The number of hydrogen-bond acceptors (Lipinski definition) is 2. The Balaban J connectivity index is 1.70. The van der Waals surface area contributed by atoms with Crippen molar-refractivity contribution in [3.63, 3.8) is 0 Å². The third-order valence-corrected chi connectivity index (χ3v) is 7.13. The number of rotatable bonds is 2. The molecule has 3 aliphatic rings. The molecule has 1 aliphatic heterocycles. The molecule has 1 saturated heterocycles. The molecule has 1 heterocycles. The van der Waals surface area contributed by atoms with Crippen LogP contribution in [0, 0.1) is 23.2 Å². The standard InChI is InChI=1S/C15H26OS/c1-14(2)5-6-17-10-15(14,16)9-13-8-11-3-4-12(13)7-11/h11-13,16H,3-10H2,1-2H3. The van der Waals surface area contributed by atoms with Gasteiger partial charge in [0.1, 0.15) is 0 Å². The van der Waals surface area contributed by atoms with E-state index in [4.69, 9.17) is 0 Å². The zero-order chi connectivity index (χ0) is 12.1. The summed E-state index contributed by atoms with van der Waals surface area (Å²) in [5.74, 6) is 4.98. The fourth-order valence-corrected chi connectivity index (χ4v) is 6.04. The van der Waals surface area contributed by atoms with Crippen LogP contribution in [0.5, 0.6) is 0 Å². The highest BCUT2D eigenvalue weighted by atomic mass is 32.2. The lowest BCUT2D eigenvalue weighted by Crippen LogP contribution is -2.51. The number of aliphatic hydroxyl groups is 1. The van der Waals surface area contributed by atoms with Gasteiger partial charge in [-0.1, -0.05) is 20.3 Å². The molecule has 2 aliphatic carbocycles. The molecule has 0 aromatic rings. The maximum absolute atomic E-state index is 11.1. The zero-order valence-electron chi connectivity index (χ0n) is 11.2. The minimum Gasteiger partial charge on any atom is -0.388 e. The third-order valence-electron chi connectivity index (χ3n) is 5.96. The van der Waals surface area contributed by atoms with Crippen molar-refractivity contribution in [1.29, 1.82) is 0 Å². The summed E-state index contributed by atoms with van der Waals surface area (Å²) in [6, 6.07) is 0. The first-order valence-corrected chi connectivity index (χ1v) is 8.46. The monoisotopic (exact) mass is 254 g/mol. The van der Waals surface area contributed by atoms with Crippen LogP contribution in [0.4, 0.5) is 0 Å². The van der Waals surface area contributed by atoms with Crippen molar-refractivity contribution in [2.45, 2.75) is 58.0 Å². The average Bonchev–Trinajstić information content (AvgIpc) is 2.84. The van der Waals surface area contributed by atoms with E-state index in [1.165, 1.54) is 37.9 Å². The lowest BCUT2D eigenvalue weighted by molar-refractivity contribution is -0.0739. The van der Waals surface area contributed by atoms with Crippen LogP contribution in [0.2, 0.25) is 0 Å². The molecule has 3 fully saturated rings. The second kappa shape index (κ2) is 4.16. The van der Waals surface area contributed by atoms with Gasteiger partial charge in [0.2, 0.25) is 0 Å². The van der Waals surface area contributed by atoms with Crippen molar-refractivity contribution in [1.82, 2.24) is 0 Å². The molecule has 1 N–H and O–H groups in total. The quantitative estimate of drug-likeness (QED) is 0.810. The van der Waals surface area contributed by atoms with Gasteiger partial charge in [-0.2, -0.15) is 11.8 Å². The van der Waals surface area contributed by atoms with Crippen molar-refractivity contribution in [3.8, 4) is 0 Å². The summed E-state index contributed by atoms with van der Waals surface area (Å²) in [6.07, 6.45) is 8.04. The molecule has 0 aromatic heterocycles. The predicted octanol–water partition coefficient (Wildman–Crippen LogP) is 3.71. The summed E-state index contributed by atoms with van der Waals surface area (Å²) < 4.78 is 0. The molecule has 17 heavy (non-hydrogen) atoms. The van der Waals surface area contributed by atoms with E-state index in [9.17, 15) is 5.11 Å². The van der Waals surface area contributed by atoms with Gasteiger partial charge in [0.15, 0.2) is 0 Å². The summed E-state index contributed by atoms with van der Waals surface area (Å²) in [5.41, 5.74) is -0.273. The van der Waals surface area contributed by atoms with E-state index in [1.54, 1.807) is 0 Å². The van der Waals surface area contributed by atoms with Gasteiger partial charge in [-0.05, 0) is 61.0 Å². The minimum absolute atomic E-state index is 0.125. The second-order valence-corrected chi connectivity index (χ2v) is 8.46. The predicted molar refractivity (Wildman–Crippen MR) is 74.2 cm³/mol. The third kappa shape index (κ3) is 2.06. The Morgan fingerprint density at radius 1 is 1.24 bits per heavy atom. The number of fused-ring (bicyclic) bond motifs is 2. The van der Waals surface area contributed by atoms with Crippen LogP contribution >= 0.6 is 11.8 Å². The molecule has 3 rings (SSSR count). The number of hydrogen-bond donors (Lipinski definition) is 1. The Hall–Kier alpha value is 0.310. The van der Waals surface area contributed by atoms with E-state index in [-0.39, 0.29) is 5.41 Å². The average molecular weight is 254 g/mol. The van der Waals surface area contributed by atoms with E-state index in [0.29, 0.717) is 0 Å². The summed E-state index contributed by atoms with van der Waals surface area (Å²) >= 11 is 1.96. The Labute approximate surface area is 110 Å². The van der Waals surface area contributed by atoms with Crippen molar-refractivity contribution in [2.75, 3.05) is 11.5 Å². The van der Waals surface area contributed by atoms with Gasteiger partial charge in [-0.15, -0.1) is 0 Å².